The zero-order valence-electron chi connectivity index (χ0n) is 19.5. The highest BCUT2D eigenvalue weighted by Crippen LogP contribution is 2.37. The van der Waals surface area contributed by atoms with Crippen LogP contribution in [0.2, 0.25) is 5.02 Å². The van der Waals surface area contributed by atoms with E-state index in [-0.39, 0.29) is 59.7 Å². The summed E-state index contributed by atoms with van der Waals surface area (Å²) < 4.78 is 60.0. The molecule has 2 amide bonds. The van der Waals surface area contributed by atoms with Gasteiger partial charge in [0.25, 0.3) is 5.91 Å². The summed E-state index contributed by atoms with van der Waals surface area (Å²) in [6, 6.07) is 6.98. The molecule has 4 rings (SSSR count). The molecule has 1 aliphatic rings. The molecule has 3 heterocycles. The maximum atomic E-state index is 14.7. The first kappa shape index (κ1) is 27.1. The number of rotatable bonds is 7. The first-order chi connectivity index (χ1) is 18.0. The van der Waals surface area contributed by atoms with Gasteiger partial charge in [-0.1, -0.05) is 11.6 Å². The van der Waals surface area contributed by atoms with Gasteiger partial charge >= 0.3 is 6.18 Å². The minimum atomic E-state index is -4.69. The average molecular weight is 553 g/mol. The molecule has 1 fully saturated rings. The molecule has 1 unspecified atom stereocenters. The number of amides is 2. The summed E-state index contributed by atoms with van der Waals surface area (Å²) in [5, 5.41) is 7.57. The third-order valence-electron chi connectivity index (χ3n) is 5.76. The number of pyridine rings is 2. The van der Waals surface area contributed by atoms with E-state index in [1.807, 2.05) is 0 Å². The molecular weight excluding hydrogens is 532 g/mol. The molecule has 1 aliphatic heterocycles. The van der Waals surface area contributed by atoms with Gasteiger partial charge in [-0.05, 0) is 30.3 Å². The zero-order chi connectivity index (χ0) is 27.5. The molecule has 1 saturated heterocycles. The van der Waals surface area contributed by atoms with Crippen molar-refractivity contribution >= 4 is 40.6 Å². The van der Waals surface area contributed by atoms with Crippen LogP contribution in [-0.2, 0) is 22.3 Å². The number of hydrogen-bond donors (Lipinski definition) is 4. The number of alkyl halides is 3. The van der Waals surface area contributed by atoms with E-state index in [0.717, 1.165) is 24.4 Å². The number of nitrogens with zero attached hydrogens (tertiary/aromatic N) is 2. The fourth-order valence-electron chi connectivity index (χ4n) is 3.74. The Balaban J connectivity index is 1.44. The average Bonchev–Trinajstić information content (AvgIpc) is 3.34. The van der Waals surface area contributed by atoms with E-state index in [9.17, 15) is 27.2 Å². The number of aromatic nitrogens is 2. The lowest BCUT2D eigenvalue weighted by atomic mass is 9.96. The van der Waals surface area contributed by atoms with Crippen LogP contribution in [0.3, 0.4) is 0 Å². The van der Waals surface area contributed by atoms with Crippen LogP contribution in [0.5, 0.6) is 0 Å². The molecule has 1 atom stereocenters. The Morgan fingerprint density at radius 1 is 1.13 bits per heavy atom. The molecular formula is C24H21ClF4N6O3. The minimum absolute atomic E-state index is 0.0459. The van der Waals surface area contributed by atoms with Crippen LogP contribution in [-0.4, -0.2) is 40.5 Å². The van der Waals surface area contributed by atoms with E-state index in [1.165, 1.54) is 24.4 Å². The Kier molecular flexibility index (Phi) is 7.69. The molecule has 0 spiro atoms. The molecule has 0 saturated carbocycles. The number of hydrogen-bond acceptors (Lipinski definition) is 7. The summed E-state index contributed by atoms with van der Waals surface area (Å²) in [6.45, 7) is -0.236. The third kappa shape index (κ3) is 6.11. The summed E-state index contributed by atoms with van der Waals surface area (Å²) in [5.74, 6) is -1.83. The van der Waals surface area contributed by atoms with Crippen LogP contribution in [0.1, 0.15) is 28.0 Å². The summed E-state index contributed by atoms with van der Waals surface area (Å²) in [4.78, 5) is 33.5. The topological polar surface area (TPSA) is 131 Å². The van der Waals surface area contributed by atoms with E-state index >= 15 is 0 Å². The molecule has 0 bridgehead atoms. The number of nitrogen functional groups attached to an aromatic ring is 1. The van der Waals surface area contributed by atoms with E-state index in [2.05, 4.69) is 25.9 Å². The Bertz CT molecular complexity index is 1350. The van der Waals surface area contributed by atoms with Crippen LogP contribution in [0.15, 0.2) is 48.8 Å². The number of ether oxygens (including phenoxy) is 1. The minimum Gasteiger partial charge on any atom is -0.384 e. The van der Waals surface area contributed by atoms with Crippen molar-refractivity contribution in [1.82, 2.24) is 20.6 Å². The number of halogens is 5. The summed E-state index contributed by atoms with van der Waals surface area (Å²) in [5.41, 5.74) is 2.74. The van der Waals surface area contributed by atoms with Gasteiger partial charge in [0.1, 0.15) is 17.2 Å². The van der Waals surface area contributed by atoms with Gasteiger partial charge in [-0.2, -0.15) is 13.2 Å². The number of anilines is 3. The van der Waals surface area contributed by atoms with Crippen molar-refractivity contribution in [3.8, 4) is 0 Å². The molecule has 14 heteroatoms. The standard InChI is InChI=1S/C24H21ClF4N6O3/c25-14-2-3-18(16(7-14)24(27,28)29)34-15-8-17(26)19(31-10-15)11-33-22(37)23(5-6-38-12-23)35-21(36)13-1-4-20(30)32-9-13/h1-4,7-10,34H,5-6,11-12H2,(H2,30,32)(H,33,37)(H,35,36). The van der Waals surface area contributed by atoms with Crippen molar-refractivity contribution in [3.05, 3.63) is 76.5 Å². The van der Waals surface area contributed by atoms with E-state index < -0.39 is 34.9 Å². The molecule has 1 aromatic carbocycles. The lowest BCUT2D eigenvalue weighted by Crippen LogP contribution is -2.59. The predicted molar refractivity (Wildman–Crippen MR) is 130 cm³/mol. The lowest BCUT2D eigenvalue weighted by molar-refractivity contribution is -0.137. The SMILES string of the molecule is Nc1ccc(C(=O)NC2(C(=O)NCc3ncc(Nc4ccc(Cl)cc4C(F)(F)F)cc3F)CCOC2)cn1. The van der Waals surface area contributed by atoms with Crippen LogP contribution in [0.4, 0.5) is 34.8 Å². The van der Waals surface area contributed by atoms with E-state index in [0.29, 0.717) is 0 Å². The maximum absolute atomic E-state index is 14.7. The highest BCUT2D eigenvalue weighted by atomic mass is 35.5. The number of carbonyl (C=O) groups is 2. The number of nitrogens with two attached hydrogens (primary N) is 1. The number of carbonyl (C=O) groups excluding carboxylic acids is 2. The molecule has 0 radical (unpaired) electrons. The smallest absolute Gasteiger partial charge is 0.384 e. The second-order valence-corrected chi connectivity index (χ2v) is 8.89. The van der Waals surface area contributed by atoms with Crippen molar-refractivity contribution in [2.45, 2.75) is 24.7 Å². The van der Waals surface area contributed by atoms with Crippen molar-refractivity contribution in [2.24, 2.45) is 0 Å². The number of nitrogens with one attached hydrogen (secondary N) is 3. The Hall–Kier alpha value is -3.97. The lowest BCUT2D eigenvalue weighted by Gasteiger charge is -2.27. The van der Waals surface area contributed by atoms with Crippen molar-refractivity contribution < 1.29 is 31.9 Å². The Morgan fingerprint density at radius 2 is 1.92 bits per heavy atom. The highest BCUT2D eigenvalue weighted by Gasteiger charge is 2.44. The normalized spacial score (nSPS) is 17.2. The first-order valence-corrected chi connectivity index (χ1v) is 11.5. The highest BCUT2D eigenvalue weighted by molar-refractivity contribution is 6.30. The van der Waals surface area contributed by atoms with Crippen LogP contribution >= 0.6 is 11.6 Å². The quantitative estimate of drug-likeness (QED) is 0.328. The van der Waals surface area contributed by atoms with Gasteiger partial charge in [-0.15, -0.1) is 0 Å². The maximum Gasteiger partial charge on any atom is 0.418 e. The second kappa shape index (κ2) is 10.8. The molecule has 3 aromatic rings. The van der Waals surface area contributed by atoms with E-state index in [1.54, 1.807) is 0 Å². The van der Waals surface area contributed by atoms with Crippen LogP contribution in [0, 0.1) is 5.82 Å². The van der Waals surface area contributed by atoms with Crippen LogP contribution < -0.4 is 21.7 Å². The Morgan fingerprint density at radius 3 is 2.55 bits per heavy atom. The van der Waals surface area contributed by atoms with Crippen molar-refractivity contribution in [3.63, 3.8) is 0 Å². The summed E-state index contributed by atoms with van der Waals surface area (Å²) in [7, 11) is 0. The van der Waals surface area contributed by atoms with Gasteiger partial charge in [0.05, 0.1) is 47.5 Å². The van der Waals surface area contributed by atoms with Gasteiger partial charge in [0, 0.05) is 30.3 Å². The molecule has 5 N–H and O–H groups in total. The fraction of sp³-hybridized carbons (Fsp3) is 0.250. The Labute approximate surface area is 218 Å². The number of benzene rings is 1. The molecule has 2 aromatic heterocycles. The zero-order valence-corrected chi connectivity index (χ0v) is 20.3. The van der Waals surface area contributed by atoms with Gasteiger partial charge in [-0.25, -0.2) is 9.37 Å². The second-order valence-electron chi connectivity index (χ2n) is 8.46. The van der Waals surface area contributed by atoms with Crippen molar-refractivity contribution in [1.29, 1.82) is 0 Å². The molecule has 38 heavy (non-hydrogen) atoms. The fourth-order valence-corrected chi connectivity index (χ4v) is 3.91. The summed E-state index contributed by atoms with van der Waals surface area (Å²) in [6.07, 6.45) is -2.12. The van der Waals surface area contributed by atoms with Crippen LogP contribution in [0.25, 0.3) is 0 Å². The monoisotopic (exact) mass is 552 g/mol. The summed E-state index contributed by atoms with van der Waals surface area (Å²) >= 11 is 5.68. The molecule has 200 valence electrons. The van der Waals surface area contributed by atoms with Gasteiger partial charge < -0.3 is 26.4 Å². The molecule has 0 aliphatic carbocycles. The van der Waals surface area contributed by atoms with Crippen molar-refractivity contribution in [2.75, 3.05) is 24.3 Å². The largest absolute Gasteiger partial charge is 0.418 e. The first-order valence-electron chi connectivity index (χ1n) is 11.2. The van der Waals surface area contributed by atoms with Gasteiger partial charge in [0.2, 0.25) is 5.91 Å². The third-order valence-corrected chi connectivity index (χ3v) is 5.99. The van der Waals surface area contributed by atoms with Gasteiger partial charge in [-0.3, -0.25) is 14.6 Å². The van der Waals surface area contributed by atoms with E-state index in [4.69, 9.17) is 22.1 Å². The predicted octanol–water partition coefficient (Wildman–Crippen LogP) is 3.82. The van der Waals surface area contributed by atoms with Gasteiger partial charge in [0.15, 0.2) is 0 Å². The molecule has 9 nitrogen and oxygen atoms in total.